The maximum absolute atomic E-state index is 11.4. The van der Waals surface area contributed by atoms with E-state index in [0.29, 0.717) is 5.56 Å². The van der Waals surface area contributed by atoms with Gasteiger partial charge in [-0.1, -0.05) is 146 Å². The fourth-order valence-corrected chi connectivity index (χ4v) is 5.44. The van der Waals surface area contributed by atoms with Gasteiger partial charge in [0.2, 0.25) is 0 Å². The van der Waals surface area contributed by atoms with E-state index >= 15 is 0 Å². The van der Waals surface area contributed by atoms with Gasteiger partial charge in [-0.15, -0.1) is 0 Å². The monoisotopic (exact) mass is 609 g/mol. The Morgan fingerprint density at radius 2 is 0.979 bits per heavy atom. The third-order valence-electron chi connectivity index (χ3n) is 7.94. The summed E-state index contributed by atoms with van der Waals surface area (Å²) in [5.74, 6) is 0.794. The third-order valence-corrected chi connectivity index (χ3v) is 7.94. The molecule has 0 aliphatic rings. The van der Waals surface area contributed by atoms with Crippen LogP contribution >= 0.6 is 0 Å². The summed E-state index contributed by atoms with van der Waals surface area (Å²) in [7, 11) is 1.67. The number of carbonyl (C=O) groups is 1. The number of hydrogen-bond acceptors (Lipinski definition) is 3. The molecule has 0 aliphatic carbocycles. The van der Waals surface area contributed by atoms with Crippen molar-refractivity contribution in [3.8, 4) is 5.75 Å². The van der Waals surface area contributed by atoms with Crippen LogP contribution in [0.2, 0.25) is 0 Å². The zero-order chi connectivity index (χ0) is 32.3. The molecule has 6 rings (SSSR count). The van der Waals surface area contributed by atoms with E-state index in [0.717, 1.165) is 45.7 Å². The minimum atomic E-state index is 0.640. The van der Waals surface area contributed by atoms with Crippen LogP contribution in [-0.2, 0) is 0 Å². The Labute approximate surface area is 277 Å². The molecule has 0 aliphatic heterocycles. The van der Waals surface area contributed by atoms with Crippen LogP contribution in [-0.4, -0.2) is 13.4 Å². The highest BCUT2D eigenvalue weighted by molar-refractivity contribution is 5.86. The van der Waals surface area contributed by atoms with Gasteiger partial charge in [0.05, 0.1) is 7.11 Å². The predicted octanol–water partition coefficient (Wildman–Crippen LogP) is 10.9. The molecule has 6 aromatic carbocycles. The van der Waals surface area contributed by atoms with Gasteiger partial charge < -0.3 is 9.64 Å². The first-order chi connectivity index (χ1) is 23.2. The normalized spacial score (nSPS) is 11.2. The van der Waals surface area contributed by atoms with Gasteiger partial charge in [0.1, 0.15) is 12.0 Å². The lowest BCUT2D eigenvalue weighted by Crippen LogP contribution is -2.10. The highest BCUT2D eigenvalue weighted by Crippen LogP contribution is 2.32. The molecule has 0 unspecified atom stereocenters. The molecular formula is C44H35NO2. The van der Waals surface area contributed by atoms with E-state index in [1.807, 2.05) is 66.7 Å². The molecule has 0 radical (unpaired) electrons. The largest absolute Gasteiger partial charge is 0.497 e. The molecule has 0 saturated carbocycles. The van der Waals surface area contributed by atoms with E-state index in [4.69, 9.17) is 4.74 Å². The Morgan fingerprint density at radius 3 is 1.51 bits per heavy atom. The van der Waals surface area contributed by atoms with E-state index < -0.39 is 0 Å². The number of methoxy groups -OCH3 is 1. The predicted molar refractivity (Wildman–Crippen MR) is 196 cm³/mol. The van der Waals surface area contributed by atoms with Crippen LogP contribution in [0, 0.1) is 0 Å². The zero-order valence-corrected chi connectivity index (χ0v) is 26.2. The second-order valence-corrected chi connectivity index (χ2v) is 11.0. The highest BCUT2D eigenvalue weighted by atomic mass is 16.5. The number of anilines is 2. The minimum absolute atomic E-state index is 0.640. The topological polar surface area (TPSA) is 29.5 Å². The fourth-order valence-electron chi connectivity index (χ4n) is 5.44. The maximum atomic E-state index is 11.4. The quantitative estimate of drug-likeness (QED) is 0.108. The summed E-state index contributed by atoms with van der Waals surface area (Å²) in [4.78, 5) is 13.6. The van der Waals surface area contributed by atoms with Gasteiger partial charge in [-0.3, -0.25) is 4.79 Å². The molecule has 0 saturated heterocycles. The summed E-state index contributed by atoms with van der Waals surface area (Å²) in [5.41, 5.74) is 10.4. The molecule has 0 heterocycles. The van der Waals surface area contributed by atoms with Crippen LogP contribution in [0.25, 0.3) is 17.2 Å². The molecule has 0 fully saturated rings. The number of para-hydroxylation sites is 1. The Morgan fingerprint density at radius 1 is 0.511 bits per heavy atom. The number of allylic oxidation sites excluding steroid dienone is 2. The van der Waals surface area contributed by atoms with Crippen LogP contribution in [0.5, 0.6) is 5.75 Å². The molecule has 0 N–H and O–H groups in total. The minimum Gasteiger partial charge on any atom is -0.497 e. The fraction of sp³-hybridized carbons (Fsp3) is 0.0227. The molecule has 3 heteroatoms. The first-order valence-electron chi connectivity index (χ1n) is 15.6. The summed E-state index contributed by atoms with van der Waals surface area (Å²) in [6, 6.07) is 55.5. The second kappa shape index (κ2) is 15.2. The van der Waals surface area contributed by atoms with Crippen molar-refractivity contribution in [1.29, 1.82) is 0 Å². The van der Waals surface area contributed by atoms with Crippen molar-refractivity contribution in [1.82, 2.24) is 0 Å². The number of aldehydes is 1. The van der Waals surface area contributed by atoms with Crippen LogP contribution < -0.4 is 9.64 Å². The van der Waals surface area contributed by atoms with Gasteiger partial charge in [-0.2, -0.15) is 0 Å². The first-order valence-corrected chi connectivity index (χ1v) is 15.6. The number of hydrogen-bond donors (Lipinski definition) is 0. The SMILES string of the molecule is COc1ccc(/C(=C/N(c2ccccc2)c2ccc(C=CC=C(c3ccccc3)c3ccccc3)cc2)c2ccc(C=O)cc2)cc1. The van der Waals surface area contributed by atoms with Crippen molar-refractivity contribution in [2.45, 2.75) is 0 Å². The van der Waals surface area contributed by atoms with Gasteiger partial charge >= 0.3 is 0 Å². The lowest BCUT2D eigenvalue weighted by atomic mass is 9.97. The van der Waals surface area contributed by atoms with Gasteiger partial charge in [0.15, 0.2) is 0 Å². The highest BCUT2D eigenvalue weighted by Gasteiger charge is 2.13. The third kappa shape index (κ3) is 7.73. The number of ether oxygens (including phenoxy) is 1. The number of nitrogens with zero attached hydrogens (tertiary/aromatic N) is 1. The number of carbonyl (C=O) groups excluding carboxylic acids is 1. The second-order valence-electron chi connectivity index (χ2n) is 11.0. The zero-order valence-electron chi connectivity index (χ0n) is 26.2. The molecular weight excluding hydrogens is 574 g/mol. The van der Waals surface area contributed by atoms with Crippen LogP contribution in [0.15, 0.2) is 182 Å². The van der Waals surface area contributed by atoms with Gasteiger partial charge in [0, 0.05) is 28.7 Å². The van der Waals surface area contributed by atoms with Gasteiger partial charge in [-0.05, 0) is 69.8 Å². The van der Waals surface area contributed by atoms with E-state index in [9.17, 15) is 4.79 Å². The average molecular weight is 610 g/mol. The molecule has 0 aromatic heterocycles. The van der Waals surface area contributed by atoms with E-state index in [-0.39, 0.29) is 0 Å². The molecule has 228 valence electrons. The van der Waals surface area contributed by atoms with E-state index in [2.05, 4.69) is 126 Å². The lowest BCUT2D eigenvalue weighted by molar-refractivity contribution is 0.112. The van der Waals surface area contributed by atoms with Crippen LogP contribution in [0.3, 0.4) is 0 Å². The van der Waals surface area contributed by atoms with Crippen molar-refractivity contribution < 1.29 is 9.53 Å². The molecule has 0 atom stereocenters. The van der Waals surface area contributed by atoms with Crippen molar-refractivity contribution in [2.75, 3.05) is 12.0 Å². The van der Waals surface area contributed by atoms with Crippen molar-refractivity contribution in [3.05, 3.63) is 216 Å². The summed E-state index contributed by atoms with van der Waals surface area (Å²) in [6.45, 7) is 0. The number of rotatable bonds is 11. The Balaban J connectivity index is 1.36. The van der Waals surface area contributed by atoms with Crippen molar-refractivity contribution >= 4 is 34.9 Å². The molecule has 47 heavy (non-hydrogen) atoms. The van der Waals surface area contributed by atoms with Crippen LogP contribution in [0.1, 0.15) is 38.2 Å². The Bertz CT molecular complexity index is 1930. The maximum Gasteiger partial charge on any atom is 0.150 e. The van der Waals surface area contributed by atoms with Crippen LogP contribution in [0.4, 0.5) is 11.4 Å². The van der Waals surface area contributed by atoms with E-state index in [1.54, 1.807) is 7.11 Å². The lowest BCUT2D eigenvalue weighted by Gasteiger charge is -2.23. The standard InChI is InChI=1S/C44H35NO2/c1-47-42-30-26-39(27-31-42)44(38-24-20-35(33-46)21-25-38)32-45(40-17-9-4-10-18-40)41-28-22-34(23-29-41)12-11-19-43(36-13-5-2-6-14-36)37-15-7-3-8-16-37/h2-33H,1H3/b12-11?,44-32+. The molecule has 6 aromatic rings. The smallest absolute Gasteiger partial charge is 0.150 e. The Kier molecular flexibility index (Phi) is 9.97. The Hall–Kier alpha value is -6.19. The molecule has 0 spiro atoms. The van der Waals surface area contributed by atoms with Gasteiger partial charge in [-0.25, -0.2) is 0 Å². The number of benzene rings is 6. The van der Waals surface area contributed by atoms with Crippen molar-refractivity contribution in [2.24, 2.45) is 0 Å². The summed E-state index contributed by atoms with van der Waals surface area (Å²) < 4.78 is 5.42. The van der Waals surface area contributed by atoms with E-state index in [1.165, 1.54) is 16.7 Å². The summed E-state index contributed by atoms with van der Waals surface area (Å²) in [5, 5.41) is 0. The van der Waals surface area contributed by atoms with Gasteiger partial charge in [0.25, 0.3) is 0 Å². The molecule has 3 nitrogen and oxygen atoms in total. The first kappa shape index (κ1) is 30.8. The molecule has 0 bridgehead atoms. The summed E-state index contributed by atoms with van der Waals surface area (Å²) >= 11 is 0. The van der Waals surface area contributed by atoms with Crippen molar-refractivity contribution in [3.63, 3.8) is 0 Å². The average Bonchev–Trinajstić information content (AvgIpc) is 3.15. The molecule has 0 amide bonds. The summed E-state index contributed by atoms with van der Waals surface area (Å²) in [6.07, 6.45) is 9.45.